The third kappa shape index (κ3) is 3.68. The molecule has 0 spiro atoms. The van der Waals surface area contributed by atoms with Gasteiger partial charge >= 0.3 is 0 Å². The highest BCUT2D eigenvalue weighted by molar-refractivity contribution is 6.35. The van der Waals surface area contributed by atoms with Crippen molar-refractivity contribution < 1.29 is 0 Å². The summed E-state index contributed by atoms with van der Waals surface area (Å²) < 4.78 is 0. The molecule has 0 aliphatic heterocycles. The van der Waals surface area contributed by atoms with Crippen molar-refractivity contribution in [2.24, 2.45) is 0 Å². The molecule has 7 heteroatoms. The van der Waals surface area contributed by atoms with Crippen molar-refractivity contribution in [1.29, 1.82) is 0 Å². The van der Waals surface area contributed by atoms with E-state index in [9.17, 15) is 0 Å². The van der Waals surface area contributed by atoms with Gasteiger partial charge in [0.05, 0.1) is 0 Å². The Morgan fingerprint density at radius 1 is 1.05 bits per heavy atom. The first-order chi connectivity index (χ1) is 9.06. The number of hydrogen-bond acceptors (Lipinski definition) is 5. The van der Waals surface area contributed by atoms with Crippen LogP contribution in [-0.2, 0) is 12.8 Å². The number of nitrogens with zero attached hydrogens (tertiary/aromatic N) is 3. The summed E-state index contributed by atoms with van der Waals surface area (Å²) in [5, 5.41) is 8.92. The molecule has 0 aliphatic carbocycles. The van der Waals surface area contributed by atoms with Gasteiger partial charge in [0.15, 0.2) is 5.82 Å². The smallest absolute Gasteiger partial charge is 0.242 e. The summed E-state index contributed by atoms with van der Waals surface area (Å²) >= 11 is 11.9. The van der Waals surface area contributed by atoms with Gasteiger partial charge in [0.1, 0.15) is 5.69 Å². The Morgan fingerprint density at radius 2 is 1.84 bits per heavy atom. The summed E-state index contributed by atoms with van der Waals surface area (Å²) in [4.78, 5) is 3.87. The van der Waals surface area contributed by atoms with Crippen molar-refractivity contribution in [3.63, 3.8) is 0 Å². The maximum absolute atomic E-state index is 6.10. The Balaban J connectivity index is 1.96. The summed E-state index contributed by atoms with van der Waals surface area (Å²) in [6.45, 7) is 0. The molecule has 1 aromatic carbocycles. The average molecular weight is 298 g/mol. The van der Waals surface area contributed by atoms with Crippen LogP contribution in [0, 0.1) is 0 Å². The topological polar surface area (TPSA) is 90.7 Å². The molecule has 2 aromatic rings. The van der Waals surface area contributed by atoms with Gasteiger partial charge in [-0.15, -0.1) is 10.2 Å². The molecule has 0 radical (unpaired) electrons. The number of aromatic nitrogens is 3. The minimum Gasteiger partial charge on any atom is -0.382 e. The largest absolute Gasteiger partial charge is 0.382 e. The molecular formula is C12H13Cl2N5. The summed E-state index contributed by atoms with van der Waals surface area (Å²) in [6, 6.07) is 5.47. The molecule has 1 aromatic heterocycles. The van der Waals surface area contributed by atoms with E-state index in [1.807, 2.05) is 12.1 Å². The minimum atomic E-state index is 0.0852. The second kappa shape index (κ2) is 6.04. The van der Waals surface area contributed by atoms with Crippen LogP contribution in [0.2, 0.25) is 10.0 Å². The Bertz CT molecular complexity index is 537. The highest BCUT2D eigenvalue weighted by Crippen LogP contribution is 2.22. The first-order valence-electron chi connectivity index (χ1n) is 5.74. The van der Waals surface area contributed by atoms with Gasteiger partial charge in [0, 0.05) is 10.0 Å². The summed E-state index contributed by atoms with van der Waals surface area (Å²) in [5.74, 6) is 0.414. The van der Waals surface area contributed by atoms with Crippen molar-refractivity contribution in [1.82, 2.24) is 15.2 Å². The van der Waals surface area contributed by atoms with Crippen molar-refractivity contribution in [3.05, 3.63) is 39.5 Å². The van der Waals surface area contributed by atoms with E-state index in [0.29, 0.717) is 28.0 Å². The number of rotatable bonds is 4. The van der Waals surface area contributed by atoms with Gasteiger partial charge in [0.2, 0.25) is 5.95 Å². The lowest BCUT2D eigenvalue weighted by molar-refractivity contribution is 0.773. The quantitative estimate of drug-likeness (QED) is 0.905. The maximum atomic E-state index is 6.10. The first-order valence-corrected chi connectivity index (χ1v) is 6.50. The lowest BCUT2D eigenvalue weighted by atomic mass is 10.1. The van der Waals surface area contributed by atoms with Crippen LogP contribution in [0.4, 0.5) is 11.8 Å². The van der Waals surface area contributed by atoms with E-state index >= 15 is 0 Å². The Hall–Kier alpha value is -1.59. The van der Waals surface area contributed by atoms with Crippen LogP contribution >= 0.6 is 23.2 Å². The zero-order valence-electron chi connectivity index (χ0n) is 10.1. The number of aryl methyl sites for hydroxylation is 2. The standard InChI is InChI=1S/C12H13Cl2N5/c13-8-5-4-7(9(14)6-8)2-1-3-10-11(15)17-12(16)19-18-10/h4-6H,1-3H2,(H4,15,16,17,19). The summed E-state index contributed by atoms with van der Waals surface area (Å²) in [6.07, 6.45) is 2.32. The molecule has 0 fully saturated rings. The molecule has 5 nitrogen and oxygen atoms in total. The van der Waals surface area contributed by atoms with Gasteiger partial charge in [-0.2, -0.15) is 4.98 Å². The fourth-order valence-corrected chi connectivity index (χ4v) is 2.22. The molecule has 1 heterocycles. The fourth-order valence-electron chi connectivity index (χ4n) is 1.72. The van der Waals surface area contributed by atoms with E-state index in [1.165, 1.54) is 0 Å². The number of nitrogens with two attached hydrogens (primary N) is 2. The van der Waals surface area contributed by atoms with Crippen LogP contribution in [0.1, 0.15) is 17.7 Å². The third-order valence-electron chi connectivity index (χ3n) is 2.68. The molecule has 0 atom stereocenters. The Morgan fingerprint density at radius 3 is 2.53 bits per heavy atom. The van der Waals surface area contributed by atoms with Crippen molar-refractivity contribution in [3.8, 4) is 0 Å². The maximum Gasteiger partial charge on any atom is 0.242 e. The number of anilines is 2. The predicted octanol–water partition coefficient (Wildman–Crippen LogP) is 2.52. The normalized spacial score (nSPS) is 10.6. The molecule has 0 unspecified atom stereocenters. The second-order valence-electron chi connectivity index (χ2n) is 4.09. The zero-order valence-corrected chi connectivity index (χ0v) is 11.6. The Labute approximate surface area is 120 Å². The zero-order chi connectivity index (χ0) is 13.8. The lowest BCUT2D eigenvalue weighted by Gasteiger charge is -2.05. The van der Waals surface area contributed by atoms with Gasteiger partial charge < -0.3 is 11.5 Å². The first kappa shape index (κ1) is 13.8. The fraction of sp³-hybridized carbons (Fsp3) is 0.250. The van der Waals surface area contributed by atoms with Crippen LogP contribution in [0.15, 0.2) is 18.2 Å². The van der Waals surface area contributed by atoms with E-state index in [0.717, 1.165) is 18.4 Å². The van der Waals surface area contributed by atoms with Crippen LogP contribution in [0.3, 0.4) is 0 Å². The SMILES string of the molecule is Nc1nnc(CCCc2ccc(Cl)cc2Cl)c(N)n1. The van der Waals surface area contributed by atoms with Crippen molar-refractivity contribution in [2.75, 3.05) is 11.5 Å². The molecule has 19 heavy (non-hydrogen) atoms. The highest BCUT2D eigenvalue weighted by Gasteiger charge is 2.06. The van der Waals surface area contributed by atoms with E-state index in [2.05, 4.69) is 15.2 Å². The number of hydrogen-bond donors (Lipinski definition) is 2. The molecule has 0 saturated heterocycles. The highest BCUT2D eigenvalue weighted by atomic mass is 35.5. The van der Waals surface area contributed by atoms with Crippen LogP contribution < -0.4 is 11.5 Å². The monoisotopic (exact) mass is 297 g/mol. The molecule has 4 N–H and O–H groups in total. The summed E-state index contributed by atoms with van der Waals surface area (Å²) in [5.41, 5.74) is 12.8. The number of benzene rings is 1. The van der Waals surface area contributed by atoms with E-state index in [4.69, 9.17) is 34.7 Å². The van der Waals surface area contributed by atoms with Crippen molar-refractivity contribution >= 4 is 35.0 Å². The molecule has 0 aliphatic rings. The lowest BCUT2D eigenvalue weighted by Crippen LogP contribution is -2.07. The van der Waals surface area contributed by atoms with E-state index in [1.54, 1.807) is 6.07 Å². The Kier molecular flexibility index (Phi) is 4.39. The molecule has 100 valence electrons. The minimum absolute atomic E-state index is 0.0852. The molecular weight excluding hydrogens is 285 g/mol. The average Bonchev–Trinajstić information content (AvgIpc) is 2.34. The van der Waals surface area contributed by atoms with Gasteiger partial charge in [-0.3, -0.25) is 0 Å². The third-order valence-corrected chi connectivity index (χ3v) is 3.27. The van der Waals surface area contributed by atoms with Crippen LogP contribution in [0.5, 0.6) is 0 Å². The van der Waals surface area contributed by atoms with Crippen LogP contribution in [-0.4, -0.2) is 15.2 Å². The molecule has 2 rings (SSSR count). The van der Waals surface area contributed by atoms with Gasteiger partial charge in [-0.25, -0.2) is 0 Å². The van der Waals surface area contributed by atoms with E-state index in [-0.39, 0.29) is 5.95 Å². The molecule has 0 amide bonds. The van der Waals surface area contributed by atoms with Gasteiger partial charge in [-0.05, 0) is 37.0 Å². The molecule has 0 saturated carbocycles. The predicted molar refractivity (Wildman–Crippen MR) is 77.1 cm³/mol. The van der Waals surface area contributed by atoms with E-state index < -0.39 is 0 Å². The second-order valence-corrected chi connectivity index (χ2v) is 4.93. The van der Waals surface area contributed by atoms with Crippen LogP contribution in [0.25, 0.3) is 0 Å². The number of halogens is 2. The molecule has 0 bridgehead atoms. The van der Waals surface area contributed by atoms with Crippen molar-refractivity contribution in [2.45, 2.75) is 19.3 Å². The van der Waals surface area contributed by atoms with Gasteiger partial charge in [0.25, 0.3) is 0 Å². The summed E-state index contributed by atoms with van der Waals surface area (Å²) in [7, 11) is 0. The van der Waals surface area contributed by atoms with Gasteiger partial charge in [-0.1, -0.05) is 29.3 Å². The number of nitrogen functional groups attached to an aromatic ring is 2.